The first-order valence-electron chi connectivity index (χ1n) is 6.80. The summed E-state index contributed by atoms with van der Waals surface area (Å²) < 4.78 is 0. The van der Waals surface area contributed by atoms with Gasteiger partial charge < -0.3 is 15.3 Å². The van der Waals surface area contributed by atoms with Crippen molar-refractivity contribution in [1.29, 1.82) is 0 Å². The molecule has 1 amide bonds. The summed E-state index contributed by atoms with van der Waals surface area (Å²) in [6.07, 6.45) is 2.62. The Morgan fingerprint density at radius 1 is 1.22 bits per heavy atom. The van der Waals surface area contributed by atoms with Crippen molar-refractivity contribution in [2.75, 3.05) is 19.6 Å². The van der Waals surface area contributed by atoms with Crippen molar-refractivity contribution in [2.24, 2.45) is 0 Å². The Kier molecular flexibility index (Phi) is 9.28. The zero-order valence-electron chi connectivity index (χ0n) is 11.7. The maximum atomic E-state index is 11.7. The van der Waals surface area contributed by atoms with E-state index in [-0.39, 0.29) is 5.91 Å². The smallest absolute Gasteiger partial charge is 0.320 e. The summed E-state index contributed by atoms with van der Waals surface area (Å²) in [6, 6.07) is -0.487. The van der Waals surface area contributed by atoms with Gasteiger partial charge in [0.05, 0.1) is 0 Å². The van der Waals surface area contributed by atoms with E-state index >= 15 is 0 Å². The van der Waals surface area contributed by atoms with E-state index in [2.05, 4.69) is 5.32 Å². The summed E-state index contributed by atoms with van der Waals surface area (Å²) in [5, 5.41) is 11.9. The number of aliphatic carboxylic acids is 1. The van der Waals surface area contributed by atoms with Crippen molar-refractivity contribution in [3.63, 3.8) is 0 Å². The number of rotatable bonds is 10. The van der Waals surface area contributed by atoms with E-state index in [1.807, 2.05) is 20.8 Å². The molecule has 0 aromatic carbocycles. The van der Waals surface area contributed by atoms with Gasteiger partial charge in [0.15, 0.2) is 0 Å². The van der Waals surface area contributed by atoms with Gasteiger partial charge in [0, 0.05) is 19.5 Å². The molecule has 1 atom stereocenters. The first-order valence-corrected chi connectivity index (χ1v) is 6.80. The van der Waals surface area contributed by atoms with E-state index in [0.717, 1.165) is 19.5 Å². The number of carbonyl (C=O) groups is 2. The lowest BCUT2D eigenvalue weighted by molar-refractivity contribution is -0.139. The minimum absolute atomic E-state index is 0.143. The minimum atomic E-state index is -0.813. The molecule has 0 saturated carbocycles. The Labute approximate surface area is 110 Å². The summed E-state index contributed by atoms with van der Waals surface area (Å²) in [4.78, 5) is 24.4. The minimum Gasteiger partial charge on any atom is -0.480 e. The van der Waals surface area contributed by atoms with Gasteiger partial charge in [0.25, 0.3) is 0 Å². The number of carbonyl (C=O) groups excluding carboxylic acids is 1. The van der Waals surface area contributed by atoms with E-state index in [9.17, 15) is 9.59 Å². The van der Waals surface area contributed by atoms with Crippen molar-refractivity contribution in [3.8, 4) is 0 Å². The molecule has 0 bridgehead atoms. The quantitative estimate of drug-likeness (QED) is 0.582. The van der Waals surface area contributed by atoms with Crippen LogP contribution in [0.5, 0.6) is 0 Å². The van der Waals surface area contributed by atoms with Crippen LogP contribution in [0.1, 0.15) is 46.5 Å². The molecule has 0 spiro atoms. The highest BCUT2D eigenvalue weighted by Crippen LogP contribution is 2.00. The molecule has 0 aliphatic rings. The topological polar surface area (TPSA) is 69.6 Å². The number of carboxylic acids is 1. The zero-order valence-corrected chi connectivity index (χ0v) is 11.7. The van der Waals surface area contributed by atoms with Crippen LogP contribution in [0, 0.1) is 0 Å². The maximum Gasteiger partial charge on any atom is 0.320 e. The monoisotopic (exact) mass is 258 g/mol. The van der Waals surface area contributed by atoms with E-state index in [1.54, 1.807) is 4.90 Å². The predicted molar refractivity (Wildman–Crippen MR) is 71.5 cm³/mol. The average Bonchev–Trinajstić information content (AvgIpc) is 2.34. The van der Waals surface area contributed by atoms with Gasteiger partial charge >= 0.3 is 5.97 Å². The molecule has 5 heteroatoms. The number of hydrogen-bond acceptors (Lipinski definition) is 3. The fourth-order valence-corrected chi connectivity index (χ4v) is 1.85. The Hall–Kier alpha value is -1.10. The van der Waals surface area contributed by atoms with Gasteiger partial charge in [-0.2, -0.15) is 0 Å². The van der Waals surface area contributed by atoms with Gasteiger partial charge in [0.1, 0.15) is 6.04 Å². The van der Waals surface area contributed by atoms with Crippen LogP contribution in [0.3, 0.4) is 0 Å². The van der Waals surface area contributed by atoms with E-state index in [0.29, 0.717) is 25.8 Å². The van der Waals surface area contributed by atoms with Crippen molar-refractivity contribution < 1.29 is 14.7 Å². The number of nitrogens with one attached hydrogen (secondary N) is 1. The molecule has 2 N–H and O–H groups in total. The largest absolute Gasteiger partial charge is 0.480 e. The first kappa shape index (κ1) is 16.9. The van der Waals surface area contributed by atoms with Gasteiger partial charge in [-0.25, -0.2) is 0 Å². The molecule has 1 unspecified atom stereocenters. The molecule has 0 aliphatic carbocycles. The lowest BCUT2D eigenvalue weighted by Gasteiger charge is -2.19. The number of hydrogen-bond donors (Lipinski definition) is 2. The van der Waals surface area contributed by atoms with Crippen molar-refractivity contribution in [1.82, 2.24) is 10.2 Å². The molecule has 0 heterocycles. The van der Waals surface area contributed by atoms with Gasteiger partial charge in [-0.15, -0.1) is 0 Å². The molecule has 0 rings (SSSR count). The lowest BCUT2D eigenvalue weighted by atomic mass is 10.1. The summed E-state index contributed by atoms with van der Waals surface area (Å²) in [6.45, 7) is 7.92. The van der Waals surface area contributed by atoms with Crippen LogP contribution in [0.2, 0.25) is 0 Å². The fraction of sp³-hybridized carbons (Fsp3) is 0.846. The molecule has 0 radical (unpaired) electrons. The Morgan fingerprint density at radius 2 is 1.83 bits per heavy atom. The molecule has 18 heavy (non-hydrogen) atoms. The highest BCUT2D eigenvalue weighted by Gasteiger charge is 2.15. The third-order valence-corrected chi connectivity index (χ3v) is 2.95. The summed E-state index contributed by atoms with van der Waals surface area (Å²) in [5.74, 6) is -0.670. The maximum absolute atomic E-state index is 11.7. The highest BCUT2D eigenvalue weighted by molar-refractivity contribution is 5.76. The number of nitrogens with zero attached hydrogens (tertiary/aromatic N) is 1. The average molecular weight is 258 g/mol. The summed E-state index contributed by atoms with van der Waals surface area (Å²) >= 11 is 0. The van der Waals surface area contributed by atoms with E-state index < -0.39 is 12.0 Å². The van der Waals surface area contributed by atoms with Crippen LogP contribution in [0.25, 0.3) is 0 Å². The molecule has 5 nitrogen and oxygen atoms in total. The third-order valence-electron chi connectivity index (χ3n) is 2.95. The second-order valence-corrected chi connectivity index (χ2v) is 4.30. The molecular weight excluding hydrogens is 232 g/mol. The van der Waals surface area contributed by atoms with Crippen molar-refractivity contribution in [2.45, 2.75) is 52.5 Å². The standard InChI is InChI=1S/C13H26N2O3/c1-4-8-11(13(17)18)14-10-7-9-12(16)15(5-2)6-3/h11,14H,4-10H2,1-3H3,(H,17,18). The number of carboxylic acid groups (broad SMARTS) is 1. The normalized spacial score (nSPS) is 12.2. The van der Waals surface area contributed by atoms with Crippen molar-refractivity contribution >= 4 is 11.9 Å². The first-order chi connectivity index (χ1) is 8.56. The van der Waals surface area contributed by atoms with Crippen LogP contribution in [-0.4, -0.2) is 47.6 Å². The Morgan fingerprint density at radius 3 is 2.28 bits per heavy atom. The Bertz CT molecular complexity index is 253. The fourth-order valence-electron chi connectivity index (χ4n) is 1.85. The lowest BCUT2D eigenvalue weighted by Crippen LogP contribution is -2.37. The molecule has 0 saturated heterocycles. The predicted octanol–water partition coefficient (Wildman–Crippen LogP) is 1.48. The van der Waals surface area contributed by atoms with Gasteiger partial charge in [-0.3, -0.25) is 9.59 Å². The van der Waals surface area contributed by atoms with Gasteiger partial charge in [-0.05, 0) is 33.2 Å². The van der Waals surface area contributed by atoms with Crippen LogP contribution in [0.15, 0.2) is 0 Å². The SMILES string of the molecule is CCCC(NCCCC(=O)N(CC)CC)C(=O)O. The number of amides is 1. The van der Waals surface area contributed by atoms with Crippen LogP contribution < -0.4 is 5.32 Å². The van der Waals surface area contributed by atoms with Crippen LogP contribution >= 0.6 is 0 Å². The second-order valence-electron chi connectivity index (χ2n) is 4.30. The highest BCUT2D eigenvalue weighted by atomic mass is 16.4. The molecule has 0 aromatic heterocycles. The van der Waals surface area contributed by atoms with Crippen molar-refractivity contribution in [3.05, 3.63) is 0 Å². The van der Waals surface area contributed by atoms with E-state index in [1.165, 1.54) is 0 Å². The molecule has 106 valence electrons. The zero-order chi connectivity index (χ0) is 14.0. The molecule has 0 fully saturated rings. The second kappa shape index (κ2) is 9.88. The molecule has 0 aliphatic heterocycles. The Balaban J connectivity index is 3.83. The molecule has 0 aromatic rings. The van der Waals surface area contributed by atoms with Gasteiger partial charge in [-0.1, -0.05) is 13.3 Å². The molecular formula is C13H26N2O3. The van der Waals surface area contributed by atoms with Crippen LogP contribution in [0.4, 0.5) is 0 Å². The summed E-state index contributed by atoms with van der Waals surface area (Å²) in [7, 11) is 0. The summed E-state index contributed by atoms with van der Waals surface area (Å²) in [5.41, 5.74) is 0. The third kappa shape index (κ3) is 6.59. The van der Waals surface area contributed by atoms with Crippen LogP contribution in [-0.2, 0) is 9.59 Å². The van der Waals surface area contributed by atoms with E-state index in [4.69, 9.17) is 5.11 Å². The van der Waals surface area contributed by atoms with Gasteiger partial charge in [0.2, 0.25) is 5.91 Å².